The van der Waals surface area contributed by atoms with Crippen LogP contribution in [0.4, 0.5) is 5.69 Å². The average molecular weight is 256 g/mol. The molecule has 0 unspecified atom stereocenters. The molecule has 0 aliphatic heterocycles. The van der Waals surface area contributed by atoms with Crippen LogP contribution in [-0.2, 0) is 16.4 Å². The van der Waals surface area contributed by atoms with Crippen molar-refractivity contribution in [2.45, 2.75) is 32.3 Å². The molecule has 1 aromatic rings. The van der Waals surface area contributed by atoms with Gasteiger partial charge in [-0.3, -0.25) is 9.71 Å². The lowest BCUT2D eigenvalue weighted by Gasteiger charge is -2.12. The van der Waals surface area contributed by atoms with Crippen molar-refractivity contribution in [3.05, 3.63) is 18.0 Å². The second kappa shape index (κ2) is 4.52. The Balaban J connectivity index is 2.28. The van der Waals surface area contributed by atoms with Gasteiger partial charge in [0.15, 0.2) is 5.75 Å². The van der Waals surface area contributed by atoms with Crippen molar-refractivity contribution in [3.8, 4) is 5.75 Å². The van der Waals surface area contributed by atoms with Gasteiger partial charge in [0, 0.05) is 5.69 Å². The van der Waals surface area contributed by atoms with Gasteiger partial charge in [0.2, 0.25) is 10.0 Å². The summed E-state index contributed by atoms with van der Waals surface area (Å²) in [6.45, 7) is 1.97. The van der Waals surface area contributed by atoms with Gasteiger partial charge >= 0.3 is 0 Å². The van der Waals surface area contributed by atoms with Crippen LogP contribution in [0.1, 0.15) is 25.5 Å². The first kappa shape index (κ1) is 12.2. The van der Waals surface area contributed by atoms with E-state index in [9.17, 15) is 8.42 Å². The van der Waals surface area contributed by atoms with Gasteiger partial charge in [-0.05, 0) is 25.3 Å². The lowest BCUT2D eigenvalue weighted by molar-refractivity contribution is 0.303. The van der Waals surface area contributed by atoms with Crippen molar-refractivity contribution in [2.75, 3.05) is 11.0 Å². The van der Waals surface area contributed by atoms with Gasteiger partial charge in [-0.25, -0.2) is 8.42 Å². The van der Waals surface area contributed by atoms with Gasteiger partial charge in [0.05, 0.1) is 24.2 Å². The number of rotatable bonds is 5. The van der Waals surface area contributed by atoms with Crippen LogP contribution in [0, 0.1) is 0 Å². The number of hydrogen-bond acceptors (Lipinski definition) is 4. The summed E-state index contributed by atoms with van der Waals surface area (Å²) < 4.78 is 30.6. The van der Waals surface area contributed by atoms with E-state index in [2.05, 4.69) is 9.71 Å². The third kappa shape index (κ3) is 3.59. The minimum atomic E-state index is -3.30. The van der Waals surface area contributed by atoms with Crippen LogP contribution >= 0.6 is 0 Å². The Bertz CT molecular complexity index is 509. The molecule has 1 fully saturated rings. The molecule has 6 heteroatoms. The van der Waals surface area contributed by atoms with E-state index < -0.39 is 10.0 Å². The van der Waals surface area contributed by atoms with Crippen LogP contribution in [0.25, 0.3) is 0 Å². The molecule has 1 heterocycles. The second-order valence-corrected chi connectivity index (χ2v) is 5.97. The molecule has 0 amide bonds. The van der Waals surface area contributed by atoms with Crippen LogP contribution < -0.4 is 9.46 Å². The zero-order valence-corrected chi connectivity index (χ0v) is 10.8. The van der Waals surface area contributed by atoms with E-state index in [0.717, 1.165) is 31.2 Å². The molecule has 1 aliphatic rings. The van der Waals surface area contributed by atoms with Crippen LogP contribution in [-0.4, -0.2) is 25.8 Å². The highest BCUT2D eigenvalue weighted by Gasteiger charge is 2.25. The molecule has 0 saturated heterocycles. The molecule has 0 aromatic carbocycles. The smallest absolute Gasteiger partial charge is 0.229 e. The fourth-order valence-corrected chi connectivity index (χ4v) is 1.98. The minimum Gasteiger partial charge on any atom is -0.487 e. The summed E-state index contributed by atoms with van der Waals surface area (Å²) in [5.41, 5.74) is 1.31. The lowest BCUT2D eigenvalue weighted by atomic mass is 10.2. The molecular weight excluding hydrogens is 240 g/mol. The molecule has 94 valence electrons. The van der Waals surface area contributed by atoms with Gasteiger partial charge in [-0.1, -0.05) is 6.92 Å². The van der Waals surface area contributed by atoms with Crippen molar-refractivity contribution in [1.82, 2.24) is 4.98 Å². The van der Waals surface area contributed by atoms with Crippen molar-refractivity contribution >= 4 is 15.7 Å². The Kier molecular flexibility index (Phi) is 3.24. The molecule has 1 N–H and O–H groups in total. The third-order valence-corrected chi connectivity index (χ3v) is 2.99. The predicted molar refractivity (Wildman–Crippen MR) is 65.7 cm³/mol. The summed E-state index contributed by atoms with van der Waals surface area (Å²) in [5, 5.41) is 0. The summed E-state index contributed by atoms with van der Waals surface area (Å²) >= 11 is 0. The molecule has 2 rings (SSSR count). The van der Waals surface area contributed by atoms with Gasteiger partial charge in [0.25, 0.3) is 0 Å². The number of anilines is 1. The zero-order valence-electron chi connectivity index (χ0n) is 9.93. The SMILES string of the molecule is CCc1cc(NS(C)(=O)=O)c(OC2CC2)cn1. The average Bonchev–Trinajstić information content (AvgIpc) is 3.02. The molecule has 0 radical (unpaired) electrons. The largest absolute Gasteiger partial charge is 0.487 e. The lowest BCUT2D eigenvalue weighted by Crippen LogP contribution is -2.12. The number of hydrogen-bond donors (Lipinski definition) is 1. The highest BCUT2D eigenvalue weighted by Crippen LogP contribution is 2.32. The van der Waals surface area contributed by atoms with E-state index in [-0.39, 0.29) is 6.10 Å². The fraction of sp³-hybridized carbons (Fsp3) is 0.545. The molecular formula is C11H16N2O3S. The number of ether oxygens (including phenoxy) is 1. The number of nitrogens with one attached hydrogen (secondary N) is 1. The Morgan fingerprint density at radius 2 is 2.24 bits per heavy atom. The maximum absolute atomic E-state index is 11.3. The summed E-state index contributed by atoms with van der Waals surface area (Å²) in [6.07, 6.45) is 5.72. The van der Waals surface area contributed by atoms with Crippen molar-refractivity contribution in [1.29, 1.82) is 0 Å². The highest BCUT2D eigenvalue weighted by atomic mass is 32.2. The second-order valence-electron chi connectivity index (χ2n) is 4.22. The summed E-state index contributed by atoms with van der Waals surface area (Å²) in [5.74, 6) is 0.509. The van der Waals surface area contributed by atoms with Crippen molar-refractivity contribution in [3.63, 3.8) is 0 Å². The first-order valence-corrected chi connectivity index (χ1v) is 7.50. The first-order chi connectivity index (χ1) is 7.98. The summed E-state index contributed by atoms with van der Waals surface area (Å²) in [7, 11) is -3.30. The Morgan fingerprint density at radius 3 is 2.76 bits per heavy atom. The highest BCUT2D eigenvalue weighted by molar-refractivity contribution is 7.92. The standard InChI is InChI=1S/C11H16N2O3S/c1-3-8-6-10(13-17(2,14)15)11(7-12-8)16-9-4-5-9/h6-7,9H,3-5H2,1-2H3,(H,12,13). The number of pyridine rings is 1. The molecule has 5 nitrogen and oxygen atoms in total. The van der Waals surface area contributed by atoms with Gasteiger partial charge in [-0.2, -0.15) is 0 Å². The van der Waals surface area contributed by atoms with E-state index in [1.807, 2.05) is 6.92 Å². The maximum Gasteiger partial charge on any atom is 0.229 e. The molecule has 1 aromatic heterocycles. The minimum absolute atomic E-state index is 0.212. The van der Waals surface area contributed by atoms with Gasteiger partial charge < -0.3 is 4.74 Å². The summed E-state index contributed by atoms with van der Waals surface area (Å²) in [4.78, 5) is 4.21. The van der Waals surface area contributed by atoms with E-state index in [1.165, 1.54) is 0 Å². The van der Waals surface area contributed by atoms with Crippen LogP contribution in [0.3, 0.4) is 0 Å². The zero-order chi connectivity index (χ0) is 12.5. The molecule has 0 atom stereocenters. The quantitative estimate of drug-likeness (QED) is 0.868. The number of aromatic nitrogens is 1. The van der Waals surface area contributed by atoms with E-state index >= 15 is 0 Å². The Labute approximate surface area is 101 Å². The fourth-order valence-electron chi connectivity index (χ4n) is 1.42. The van der Waals surface area contributed by atoms with E-state index in [0.29, 0.717) is 11.4 Å². The third-order valence-electron chi connectivity index (χ3n) is 2.40. The number of aryl methyl sites for hydroxylation is 1. The maximum atomic E-state index is 11.3. The first-order valence-electron chi connectivity index (χ1n) is 5.61. The Hall–Kier alpha value is -1.30. The van der Waals surface area contributed by atoms with Crippen LogP contribution in [0.2, 0.25) is 0 Å². The van der Waals surface area contributed by atoms with Crippen molar-refractivity contribution in [2.24, 2.45) is 0 Å². The van der Waals surface area contributed by atoms with E-state index in [1.54, 1.807) is 12.3 Å². The van der Waals surface area contributed by atoms with Gasteiger partial charge in [0.1, 0.15) is 0 Å². The monoisotopic (exact) mass is 256 g/mol. The predicted octanol–water partition coefficient (Wildman–Crippen LogP) is 1.56. The number of nitrogens with zero attached hydrogens (tertiary/aromatic N) is 1. The molecule has 0 spiro atoms. The normalized spacial score (nSPS) is 15.6. The molecule has 1 aliphatic carbocycles. The Morgan fingerprint density at radius 1 is 1.53 bits per heavy atom. The number of sulfonamides is 1. The molecule has 0 bridgehead atoms. The summed E-state index contributed by atoms with van der Waals surface area (Å²) in [6, 6.07) is 1.72. The van der Waals surface area contributed by atoms with Crippen LogP contribution in [0.15, 0.2) is 12.3 Å². The molecule has 17 heavy (non-hydrogen) atoms. The topological polar surface area (TPSA) is 68.3 Å². The molecule has 1 saturated carbocycles. The van der Waals surface area contributed by atoms with Gasteiger partial charge in [-0.15, -0.1) is 0 Å². The van der Waals surface area contributed by atoms with Crippen LogP contribution in [0.5, 0.6) is 5.75 Å². The van der Waals surface area contributed by atoms with Crippen molar-refractivity contribution < 1.29 is 13.2 Å². The van der Waals surface area contributed by atoms with E-state index in [4.69, 9.17) is 4.74 Å².